The fourth-order valence-corrected chi connectivity index (χ4v) is 3.30. The predicted octanol–water partition coefficient (Wildman–Crippen LogP) is 2.32. The van der Waals surface area contributed by atoms with Crippen molar-refractivity contribution in [1.29, 1.82) is 0 Å². The van der Waals surface area contributed by atoms with Gasteiger partial charge in [0.05, 0.1) is 6.10 Å². The summed E-state index contributed by atoms with van der Waals surface area (Å²) in [4.78, 5) is 11.7. The van der Waals surface area contributed by atoms with Gasteiger partial charge in [-0.1, -0.05) is 26.2 Å². The molecule has 0 aromatic rings. The third-order valence-electron chi connectivity index (χ3n) is 4.31. The standard InChI is InChI=1S/C14H25NO3/c1-2-5-12-10-14(13(16)17,8-9-18-12)15-11-6-3-4-7-11/h11-12,15H,2-10H2,1H3,(H,16,17). The molecule has 0 amide bonds. The maximum atomic E-state index is 11.7. The third-order valence-corrected chi connectivity index (χ3v) is 4.31. The zero-order chi connectivity index (χ0) is 13.0. The Bertz CT molecular complexity index is 287. The molecule has 2 atom stereocenters. The van der Waals surface area contributed by atoms with Crippen LogP contribution in [-0.4, -0.2) is 35.4 Å². The first-order chi connectivity index (χ1) is 8.66. The smallest absolute Gasteiger partial charge is 0.324 e. The number of hydrogen-bond acceptors (Lipinski definition) is 3. The van der Waals surface area contributed by atoms with E-state index in [0.29, 0.717) is 25.5 Å². The molecule has 1 saturated carbocycles. The Labute approximate surface area is 109 Å². The first-order valence-electron chi connectivity index (χ1n) is 7.29. The molecule has 4 nitrogen and oxygen atoms in total. The molecule has 0 bridgehead atoms. The number of ether oxygens (including phenoxy) is 1. The van der Waals surface area contributed by atoms with Gasteiger partial charge in [0.2, 0.25) is 0 Å². The van der Waals surface area contributed by atoms with Crippen LogP contribution in [0.15, 0.2) is 0 Å². The minimum atomic E-state index is -0.743. The first kappa shape index (κ1) is 13.8. The molecule has 0 radical (unpaired) electrons. The van der Waals surface area contributed by atoms with Crippen molar-refractivity contribution in [3.8, 4) is 0 Å². The molecule has 0 spiro atoms. The molecular formula is C14H25NO3. The third kappa shape index (κ3) is 3.04. The molecule has 1 heterocycles. The van der Waals surface area contributed by atoms with Crippen molar-refractivity contribution in [3.63, 3.8) is 0 Å². The quantitative estimate of drug-likeness (QED) is 0.791. The summed E-state index contributed by atoms with van der Waals surface area (Å²) in [5.41, 5.74) is -0.743. The second-order valence-electron chi connectivity index (χ2n) is 5.75. The highest BCUT2D eigenvalue weighted by molar-refractivity contribution is 5.79. The molecule has 2 rings (SSSR count). The minimum absolute atomic E-state index is 0.105. The van der Waals surface area contributed by atoms with Crippen LogP contribution in [0.2, 0.25) is 0 Å². The van der Waals surface area contributed by atoms with Gasteiger partial charge in [-0.15, -0.1) is 0 Å². The average molecular weight is 255 g/mol. The Morgan fingerprint density at radius 3 is 2.78 bits per heavy atom. The minimum Gasteiger partial charge on any atom is -0.480 e. The lowest BCUT2D eigenvalue weighted by molar-refractivity contribution is -0.153. The topological polar surface area (TPSA) is 58.6 Å². The summed E-state index contributed by atoms with van der Waals surface area (Å²) in [6.07, 6.45) is 8.01. The van der Waals surface area contributed by atoms with Crippen LogP contribution in [0.25, 0.3) is 0 Å². The number of rotatable bonds is 5. The summed E-state index contributed by atoms with van der Waals surface area (Å²) in [6.45, 7) is 2.68. The molecule has 2 aliphatic rings. The van der Waals surface area contributed by atoms with Crippen LogP contribution in [0.5, 0.6) is 0 Å². The Morgan fingerprint density at radius 2 is 2.17 bits per heavy atom. The highest BCUT2D eigenvalue weighted by atomic mass is 16.5. The van der Waals surface area contributed by atoms with Crippen LogP contribution in [0.3, 0.4) is 0 Å². The van der Waals surface area contributed by atoms with Crippen LogP contribution in [0, 0.1) is 0 Å². The number of carboxylic acids is 1. The van der Waals surface area contributed by atoms with E-state index in [1.165, 1.54) is 12.8 Å². The zero-order valence-electron chi connectivity index (χ0n) is 11.3. The maximum Gasteiger partial charge on any atom is 0.324 e. The summed E-state index contributed by atoms with van der Waals surface area (Å²) in [5.74, 6) is -0.696. The van der Waals surface area contributed by atoms with Crippen molar-refractivity contribution >= 4 is 5.97 Å². The summed E-state index contributed by atoms with van der Waals surface area (Å²) in [7, 11) is 0. The number of hydrogen-bond donors (Lipinski definition) is 2. The van der Waals surface area contributed by atoms with Gasteiger partial charge >= 0.3 is 5.97 Å². The molecule has 2 N–H and O–H groups in total. The van der Waals surface area contributed by atoms with E-state index in [0.717, 1.165) is 25.7 Å². The summed E-state index contributed by atoms with van der Waals surface area (Å²) >= 11 is 0. The highest BCUT2D eigenvalue weighted by Crippen LogP contribution is 2.30. The lowest BCUT2D eigenvalue weighted by Gasteiger charge is -2.40. The van der Waals surface area contributed by atoms with E-state index in [1.54, 1.807) is 0 Å². The van der Waals surface area contributed by atoms with Crippen molar-refractivity contribution in [2.24, 2.45) is 0 Å². The van der Waals surface area contributed by atoms with Gasteiger partial charge in [0, 0.05) is 19.1 Å². The molecule has 0 aromatic heterocycles. The van der Waals surface area contributed by atoms with Crippen LogP contribution < -0.4 is 5.32 Å². The molecule has 0 aromatic carbocycles. The average Bonchev–Trinajstić information content (AvgIpc) is 2.82. The van der Waals surface area contributed by atoms with Gasteiger partial charge in [0.25, 0.3) is 0 Å². The number of carbonyl (C=O) groups is 1. The fraction of sp³-hybridized carbons (Fsp3) is 0.929. The van der Waals surface area contributed by atoms with E-state index in [1.807, 2.05) is 0 Å². The fourth-order valence-electron chi connectivity index (χ4n) is 3.30. The van der Waals surface area contributed by atoms with Crippen molar-refractivity contribution in [3.05, 3.63) is 0 Å². The maximum absolute atomic E-state index is 11.7. The summed E-state index contributed by atoms with van der Waals surface area (Å²) in [5, 5.41) is 13.1. The molecule has 4 heteroatoms. The number of aliphatic carboxylic acids is 1. The lowest BCUT2D eigenvalue weighted by Crippen LogP contribution is -2.59. The van der Waals surface area contributed by atoms with Gasteiger partial charge in [0.1, 0.15) is 5.54 Å². The van der Waals surface area contributed by atoms with E-state index in [-0.39, 0.29) is 6.10 Å². The van der Waals surface area contributed by atoms with Crippen LogP contribution >= 0.6 is 0 Å². The lowest BCUT2D eigenvalue weighted by atomic mass is 9.84. The van der Waals surface area contributed by atoms with Crippen LogP contribution in [0.1, 0.15) is 58.3 Å². The Balaban J connectivity index is 2.02. The molecule has 104 valence electrons. The second kappa shape index (κ2) is 6.02. The second-order valence-corrected chi connectivity index (χ2v) is 5.75. The molecule has 18 heavy (non-hydrogen) atoms. The highest BCUT2D eigenvalue weighted by Gasteiger charge is 2.44. The van der Waals surface area contributed by atoms with E-state index in [9.17, 15) is 9.90 Å². The van der Waals surface area contributed by atoms with Gasteiger partial charge in [-0.2, -0.15) is 0 Å². The van der Waals surface area contributed by atoms with E-state index < -0.39 is 11.5 Å². The molecule has 1 saturated heterocycles. The number of nitrogens with one attached hydrogen (secondary N) is 1. The predicted molar refractivity (Wildman–Crippen MR) is 69.6 cm³/mol. The van der Waals surface area contributed by atoms with Gasteiger partial charge in [0.15, 0.2) is 0 Å². The van der Waals surface area contributed by atoms with E-state index >= 15 is 0 Å². The van der Waals surface area contributed by atoms with Crippen molar-refractivity contribution < 1.29 is 14.6 Å². The van der Waals surface area contributed by atoms with Gasteiger partial charge < -0.3 is 9.84 Å². The molecule has 2 fully saturated rings. The Kier molecular flexibility index (Phi) is 4.62. The van der Waals surface area contributed by atoms with Crippen LogP contribution in [0.4, 0.5) is 0 Å². The summed E-state index contributed by atoms with van der Waals surface area (Å²) < 4.78 is 5.68. The first-order valence-corrected chi connectivity index (χ1v) is 7.29. The molecule has 1 aliphatic heterocycles. The summed E-state index contributed by atoms with van der Waals surface area (Å²) in [6, 6.07) is 0.390. The molecule has 2 unspecified atom stereocenters. The van der Waals surface area contributed by atoms with E-state index in [2.05, 4.69) is 12.2 Å². The van der Waals surface area contributed by atoms with Crippen molar-refractivity contribution in [2.45, 2.75) is 76.0 Å². The number of carboxylic acid groups (broad SMARTS) is 1. The Morgan fingerprint density at radius 1 is 1.44 bits per heavy atom. The zero-order valence-corrected chi connectivity index (χ0v) is 11.3. The van der Waals surface area contributed by atoms with Crippen molar-refractivity contribution in [2.75, 3.05) is 6.61 Å². The van der Waals surface area contributed by atoms with Gasteiger partial charge in [-0.05, 0) is 25.7 Å². The van der Waals surface area contributed by atoms with Gasteiger partial charge in [-0.3, -0.25) is 10.1 Å². The normalized spacial score (nSPS) is 33.7. The van der Waals surface area contributed by atoms with Crippen LogP contribution in [-0.2, 0) is 9.53 Å². The van der Waals surface area contributed by atoms with Gasteiger partial charge in [-0.25, -0.2) is 0 Å². The monoisotopic (exact) mass is 255 g/mol. The molecular weight excluding hydrogens is 230 g/mol. The van der Waals surface area contributed by atoms with Crippen molar-refractivity contribution in [1.82, 2.24) is 5.32 Å². The van der Waals surface area contributed by atoms with E-state index in [4.69, 9.17) is 4.74 Å². The Hall–Kier alpha value is -0.610. The SMILES string of the molecule is CCCC1CC(NC2CCCC2)(C(=O)O)CCO1. The largest absolute Gasteiger partial charge is 0.480 e. The molecule has 1 aliphatic carbocycles.